The van der Waals surface area contributed by atoms with Crippen molar-refractivity contribution in [1.82, 2.24) is 19.8 Å². The Hall–Kier alpha value is -3.02. The van der Waals surface area contributed by atoms with E-state index in [-0.39, 0.29) is 11.4 Å². The molecule has 1 fully saturated rings. The molecule has 11 heteroatoms. The quantitative estimate of drug-likeness (QED) is 0.227. The fourth-order valence-electron chi connectivity index (χ4n) is 4.33. The van der Waals surface area contributed by atoms with Gasteiger partial charge in [-0.25, -0.2) is 18.6 Å². The number of piperidine rings is 1. The summed E-state index contributed by atoms with van der Waals surface area (Å²) in [6.45, 7) is 11.1. The normalized spacial score (nSPS) is 14.6. The third-order valence-electron chi connectivity index (χ3n) is 6.48. The van der Waals surface area contributed by atoms with Crippen LogP contribution in [-0.2, 0) is 11.5 Å². The number of carbonyl (C=O) groups excluding carboxylic acids is 1. The molecular formula is C27H37F2N5O3Si. The standard InChI is InChI=1S/C27H37F2N5O3Si/c1-38(2,3)16-15-36-19-34-13-8-21-24(7-9-30-26(21)34)37-25-22(28)17-20(18-23(25)29)32-27(35)31-10-14-33-11-5-4-6-12-33/h7-9,13,17-18H,4-6,10-12,14-16,19H2,1-3H3,(H2,31,32,35). The molecule has 1 aliphatic rings. The van der Waals surface area contributed by atoms with E-state index >= 15 is 0 Å². The van der Waals surface area contributed by atoms with Crippen LogP contribution in [0, 0.1) is 11.6 Å². The zero-order chi connectivity index (χ0) is 27.1. The fraction of sp³-hybridized carbons (Fsp3) is 0.481. The van der Waals surface area contributed by atoms with Gasteiger partial charge in [-0.05, 0) is 44.1 Å². The van der Waals surface area contributed by atoms with Crippen LogP contribution in [0.2, 0.25) is 25.7 Å². The SMILES string of the molecule is C[Si](C)(C)CCOCn1ccc2c(Oc3c(F)cc(NC(=O)NCCN4CCCCC4)cc3F)ccnc21. The molecule has 38 heavy (non-hydrogen) atoms. The highest BCUT2D eigenvalue weighted by molar-refractivity contribution is 6.76. The second-order valence-electron chi connectivity index (χ2n) is 10.8. The third-order valence-corrected chi connectivity index (χ3v) is 8.18. The lowest BCUT2D eigenvalue weighted by Crippen LogP contribution is -2.39. The Kier molecular flexibility index (Phi) is 9.34. The summed E-state index contributed by atoms with van der Waals surface area (Å²) >= 11 is 0. The van der Waals surface area contributed by atoms with Crippen LogP contribution in [0.3, 0.4) is 0 Å². The molecule has 3 heterocycles. The predicted octanol–water partition coefficient (Wildman–Crippen LogP) is 6.03. The Morgan fingerprint density at radius 3 is 2.55 bits per heavy atom. The number of likely N-dealkylation sites (tertiary alicyclic amines) is 1. The number of aromatic nitrogens is 2. The number of rotatable bonds is 11. The van der Waals surface area contributed by atoms with Gasteiger partial charge in [0.15, 0.2) is 17.4 Å². The average Bonchev–Trinajstić information content (AvgIpc) is 3.28. The van der Waals surface area contributed by atoms with E-state index in [0.29, 0.717) is 30.9 Å². The number of benzene rings is 1. The maximum atomic E-state index is 14.9. The lowest BCUT2D eigenvalue weighted by molar-refractivity contribution is 0.0899. The van der Waals surface area contributed by atoms with Crippen molar-refractivity contribution in [2.24, 2.45) is 0 Å². The van der Waals surface area contributed by atoms with Crippen LogP contribution in [0.1, 0.15) is 19.3 Å². The highest BCUT2D eigenvalue weighted by Crippen LogP contribution is 2.34. The van der Waals surface area contributed by atoms with E-state index in [2.05, 4.69) is 40.2 Å². The van der Waals surface area contributed by atoms with Crippen LogP contribution in [0.4, 0.5) is 19.3 Å². The summed E-state index contributed by atoms with van der Waals surface area (Å²) in [5.41, 5.74) is 0.597. The topological polar surface area (TPSA) is 80.6 Å². The molecule has 1 aliphatic heterocycles. The number of fused-ring (bicyclic) bond motifs is 1. The van der Waals surface area contributed by atoms with Gasteiger partial charge in [-0.15, -0.1) is 0 Å². The number of ether oxygens (including phenoxy) is 2. The summed E-state index contributed by atoms with van der Waals surface area (Å²) in [5.74, 6) is -2.13. The van der Waals surface area contributed by atoms with Gasteiger partial charge < -0.3 is 29.6 Å². The van der Waals surface area contributed by atoms with Crippen molar-refractivity contribution < 1.29 is 23.0 Å². The van der Waals surface area contributed by atoms with Crippen molar-refractivity contribution in [1.29, 1.82) is 0 Å². The molecule has 0 spiro atoms. The number of nitrogens with one attached hydrogen (secondary N) is 2. The van der Waals surface area contributed by atoms with E-state index in [1.54, 1.807) is 12.1 Å². The van der Waals surface area contributed by atoms with Crippen LogP contribution >= 0.6 is 0 Å². The van der Waals surface area contributed by atoms with Crippen molar-refractivity contribution in [3.8, 4) is 11.5 Å². The number of nitrogens with zero attached hydrogens (tertiary/aromatic N) is 3. The molecule has 1 aromatic carbocycles. The first-order chi connectivity index (χ1) is 18.2. The van der Waals surface area contributed by atoms with Gasteiger partial charge in [0.1, 0.15) is 18.1 Å². The van der Waals surface area contributed by atoms with Gasteiger partial charge in [0.25, 0.3) is 0 Å². The summed E-state index contributed by atoms with van der Waals surface area (Å²) < 4.78 is 43.0. The Labute approximate surface area is 223 Å². The monoisotopic (exact) mass is 545 g/mol. The van der Waals surface area contributed by atoms with Crippen molar-refractivity contribution >= 4 is 30.8 Å². The molecule has 206 valence electrons. The van der Waals surface area contributed by atoms with E-state index in [4.69, 9.17) is 9.47 Å². The van der Waals surface area contributed by atoms with Gasteiger partial charge in [-0.1, -0.05) is 26.1 Å². The van der Waals surface area contributed by atoms with E-state index < -0.39 is 31.5 Å². The summed E-state index contributed by atoms with van der Waals surface area (Å²) in [6, 6.07) is 5.95. The maximum Gasteiger partial charge on any atom is 0.319 e. The molecule has 2 amide bonds. The van der Waals surface area contributed by atoms with E-state index in [0.717, 1.165) is 37.8 Å². The smallest absolute Gasteiger partial charge is 0.319 e. The summed E-state index contributed by atoms with van der Waals surface area (Å²) in [5, 5.41) is 5.83. The Morgan fingerprint density at radius 1 is 1.11 bits per heavy atom. The zero-order valence-corrected chi connectivity index (χ0v) is 23.4. The number of urea groups is 1. The highest BCUT2D eigenvalue weighted by Gasteiger charge is 2.18. The lowest BCUT2D eigenvalue weighted by atomic mass is 10.1. The highest BCUT2D eigenvalue weighted by atomic mass is 28.3. The van der Waals surface area contributed by atoms with Gasteiger partial charge in [0, 0.05) is 58.0 Å². The number of carbonyl (C=O) groups is 1. The molecule has 8 nitrogen and oxygen atoms in total. The molecule has 2 N–H and O–H groups in total. The minimum absolute atomic E-state index is 0.00400. The molecule has 0 aliphatic carbocycles. The largest absolute Gasteiger partial charge is 0.450 e. The van der Waals surface area contributed by atoms with Crippen molar-refractivity contribution in [3.63, 3.8) is 0 Å². The molecule has 4 rings (SSSR count). The van der Waals surface area contributed by atoms with Gasteiger partial charge in [-0.3, -0.25) is 0 Å². The molecule has 2 aromatic heterocycles. The lowest BCUT2D eigenvalue weighted by Gasteiger charge is -2.26. The zero-order valence-electron chi connectivity index (χ0n) is 22.4. The molecular weight excluding hydrogens is 508 g/mol. The number of hydrogen-bond donors (Lipinski definition) is 2. The van der Waals surface area contributed by atoms with E-state index in [1.807, 2.05) is 10.8 Å². The van der Waals surface area contributed by atoms with Crippen LogP contribution in [0.5, 0.6) is 11.5 Å². The minimum Gasteiger partial charge on any atom is -0.450 e. The van der Waals surface area contributed by atoms with Crippen LogP contribution in [0.25, 0.3) is 11.0 Å². The summed E-state index contributed by atoms with van der Waals surface area (Å²) in [7, 11) is -1.19. The minimum atomic E-state index is -1.19. The fourth-order valence-corrected chi connectivity index (χ4v) is 5.08. The number of hydrogen-bond acceptors (Lipinski definition) is 5. The third kappa shape index (κ3) is 7.75. The summed E-state index contributed by atoms with van der Waals surface area (Å²) in [6.07, 6.45) is 6.92. The van der Waals surface area contributed by atoms with Crippen LogP contribution < -0.4 is 15.4 Å². The molecule has 0 radical (unpaired) electrons. The van der Waals surface area contributed by atoms with E-state index in [9.17, 15) is 13.6 Å². The Balaban J connectivity index is 1.36. The molecule has 0 unspecified atom stereocenters. The molecule has 0 bridgehead atoms. The second kappa shape index (κ2) is 12.7. The van der Waals surface area contributed by atoms with Crippen LogP contribution in [0.15, 0.2) is 36.7 Å². The average molecular weight is 546 g/mol. The molecule has 0 saturated carbocycles. The predicted molar refractivity (Wildman–Crippen MR) is 148 cm³/mol. The first kappa shape index (κ1) is 28.0. The van der Waals surface area contributed by atoms with Gasteiger partial charge in [0.2, 0.25) is 0 Å². The van der Waals surface area contributed by atoms with E-state index in [1.165, 1.54) is 25.5 Å². The first-order valence-electron chi connectivity index (χ1n) is 13.2. The molecule has 1 saturated heterocycles. The Bertz CT molecular complexity index is 1220. The van der Waals surface area contributed by atoms with Crippen molar-refractivity contribution in [2.45, 2.75) is 51.7 Å². The maximum absolute atomic E-state index is 14.9. The van der Waals surface area contributed by atoms with Gasteiger partial charge in [-0.2, -0.15) is 0 Å². The summed E-state index contributed by atoms with van der Waals surface area (Å²) in [4.78, 5) is 18.9. The van der Waals surface area contributed by atoms with Crippen LogP contribution in [-0.4, -0.2) is 61.3 Å². The molecule has 3 aromatic rings. The number of amides is 2. The van der Waals surface area contributed by atoms with Crippen molar-refractivity contribution in [2.75, 3.05) is 38.1 Å². The first-order valence-corrected chi connectivity index (χ1v) is 16.9. The number of anilines is 1. The number of pyridine rings is 1. The molecule has 0 atom stereocenters. The van der Waals surface area contributed by atoms with Gasteiger partial charge in [0.05, 0.1) is 5.39 Å². The van der Waals surface area contributed by atoms with Gasteiger partial charge >= 0.3 is 6.03 Å². The Morgan fingerprint density at radius 2 is 1.84 bits per heavy atom. The second-order valence-corrected chi connectivity index (χ2v) is 16.5. The number of halogens is 2. The van der Waals surface area contributed by atoms with Crippen molar-refractivity contribution in [3.05, 3.63) is 48.3 Å².